The van der Waals surface area contributed by atoms with E-state index in [1.807, 2.05) is 18.4 Å². The summed E-state index contributed by atoms with van der Waals surface area (Å²) in [5.41, 5.74) is 8.96. The molecule has 0 aliphatic carbocycles. The fraction of sp³-hybridized carbons (Fsp3) is 0.312. The first-order chi connectivity index (χ1) is 12.5. The molecule has 0 aromatic carbocycles. The van der Waals surface area contributed by atoms with E-state index in [9.17, 15) is 0 Å². The van der Waals surface area contributed by atoms with Crippen LogP contribution in [0.1, 0.15) is 26.3 Å². The van der Waals surface area contributed by atoms with Crippen molar-refractivity contribution < 1.29 is 4.84 Å². The number of pyridine rings is 1. The van der Waals surface area contributed by atoms with E-state index < -0.39 is 0 Å². The number of aryl methyl sites for hydroxylation is 1. The lowest BCUT2D eigenvalue weighted by atomic mass is 10.1. The molecule has 3 aromatic rings. The second-order valence-corrected chi connectivity index (χ2v) is 6.10. The van der Waals surface area contributed by atoms with Crippen LogP contribution in [0.4, 0.5) is 5.95 Å². The van der Waals surface area contributed by atoms with Crippen LogP contribution in [0.3, 0.4) is 0 Å². The summed E-state index contributed by atoms with van der Waals surface area (Å²) in [5, 5.41) is 8.95. The molecule has 3 heterocycles. The van der Waals surface area contributed by atoms with Crippen LogP contribution >= 0.6 is 11.6 Å². The van der Waals surface area contributed by atoms with Crippen molar-refractivity contribution in [3.8, 4) is 5.95 Å². The molecule has 3 aromatic heterocycles. The molecule has 26 heavy (non-hydrogen) atoms. The van der Waals surface area contributed by atoms with Crippen LogP contribution in [-0.4, -0.2) is 41.6 Å². The predicted octanol–water partition coefficient (Wildman–Crippen LogP) is 2.50. The standard InChI is InChI=1S/C16H19ClN8O/c1-4-24-14-12(11(3)23-26-6-5-10(2)17)7-19-8-13(14)22-16(24)25-15(18)20-9-21-25/h5,7-9H,4,6H2,1-3H3,(H2,18,20,21). The number of hydrogen-bond donors (Lipinski definition) is 1. The average molecular weight is 375 g/mol. The van der Waals surface area contributed by atoms with E-state index in [1.165, 1.54) is 11.0 Å². The highest BCUT2D eigenvalue weighted by Crippen LogP contribution is 2.23. The number of hydrogen-bond acceptors (Lipinski definition) is 7. The number of fused-ring (bicyclic) bond motifs is 1. The van der Waals surface area contributed by atoms with E-state index in [0.717, 1.165) is 11.1 Å². The van der Waals surface area contributed by atoms with Crippen LogP contribution in [0.2, 0.25) is 0 Å². The molecule has 0 fully saturated rings. The van der Waals surface area contributed by atoms with E-state index in [0.29, 0.717) is 35.4 Å². The molecule has 0 spiro atoms. The third-order valence-corrected chi connectivity index (χ3v) is 3.89. The lowest BCUT2D eigenvalue weighted by Gasteiger charge is -2.09. The van der Waals surface area contributed by atoms with Crippen molar-refractivity contribution in [1.29, 1.82) is 0 Å². The molecule has 0 unspecified atom stereocenters. The molecule has 9 nitrogen and oxygen atoms in total. The van der Waals surface area contributed by atoms with E-state index in [1.54, 1.807) is 25.4 Å². The summed E-state index contributed by atoms with van der Waals surface area (Å²) in [5.74, 6) is 0.836. The number of nitrogens with two attached hydrogens (primary N) is 1. The molecule has 0 aliphatic heterocycles. The van der Waals surface area contributed by atoms with Crippen LogP contribution in [0.25, 0.3) is 17.0 Å². The number of allylic oxidation sites excluding steroid dienone is 1. The van der Waals surface area contributed by atoms with Crippen molar-refractivity contribution in [1.82, 2.24) is 29.3 Å². The van der Waals surface area contributed by atoms with Gasteiger partial charge in [0.25, 0.3) is 0 Å². The monoisotopic (exact) mass is 374 g/mol. The molecule has 10 heteroatoms. The van der Waals surface area contributed by atoms with E-state index in [-0.39, 0.29) is 5.95 Å². The minimum Gasteiger partial charge on any atom is -0.391 e. The minimum atomic E-state index is 0.265. The Kier molecular flexibility index (Phi) is 5.17. The molecule has 0 radical (unpaired) electrons. The molecular weight excluding hydrogens is 356 g/mol. The number of nitrogens with zero attached hydrogens (tertiary/aromatic N) is 7. The lowest BCUT2D eigenvalue weighted by molar-refractivity contribution is 0.174. The van der Waals surface area contributed by atoms with Gasteiger partial charge in [-0.25, -0.2) is 4.98 Å². The van der Waals surface area contributed by atoms with Crippen LogP contribution in [-0.2, 0) is 11.4 Å². The van der Waals surface area contributed by atoms with Gasteiger partial charge in [-0.15, -0.1) is 0 Å². The van der Waals surface area contributed by atoms with Crippen LogP contribution in [0.15, 0.2) is 35.0 Å². The second-order valence-electron chi connectivity index (χ2n) is 5.50. The van der Waals surface area contributed by atoms with Crippen molar-refractivity contribution in [2.24, 2.45) is 5.16 Å². The summed E-state index contributed by atoms with van der Waals surface area (Å²) in [4.78, 5) is 18.1. The van der Waals surface area contributed by atoms with Gasteiger partial charge in [0.1, 0.15) is 18.5 Å². The van der Waals surface area contributed by atoms with Gasteiger partial charge in [0.15, 0.2) is 0 Å². The van der Waals surface area contributed by atoms with Crippen molar-refractivity contribution in [2.75, 3.05) is 12.3 Å². The highest BCUT2D eigenvalue weighted by molar-refractivity contribution is 6.29. The molecule has 136 valence electrons. The molecule has 0 saturated carbocycles. The Morgan fingerprint density at radius 3 is 2.85 bits per heavy atom. The summed E-state index contributed by atoms with van der Waals surface area (Å²) in [6, 6.07) is 0. The van der Waals surface area contributed by atoms with Crippen molar-refractivity contribution >= 4 is 34.3 Å². The van der Waals surface area contributed by atoms with Crippen molar-refractivity contribution in [3.05, 3.63) is 35.4 Å². The first kappa shape index (κ1) is 17.9. The Bertz CT molecular complexity index is 983. The van der Waals surface area contributed by atoms with E-state index >= 15 is 0 Å². The maximum Gasteiger partial charge on any atom is 0.235 e. The van der Waals surface area contributed by atoms with Crippen molar-refractivity contribution in [2.45, 2.75) is 27.3 Å². The van der Waals surface area contributed by atoms with Gasteiger partial charge in [0.05, 0.1) is 17.4 Å². The average Bonchev–Trinajstić information content (AvgIpc) is 3.20. The summed E-state index contributed by atoms with van der Waals surface area (Å²) >= 11 is 5.78. The van der Waals surface area contributed by atoms with Gasteiger partial charge in [-0.2, -0.15) is 14.8 Å². The normalized spacial score (nSPS) is 12.8. The third kappa shape index (κ3) is 3.38. The summed E-state index contributed by atoms with van der Waals surface area (Å²) < 4.78 is 3.48. The minimum absolute atomic E-state index is 0.265. The van der Waals surface area contributed by atoms with Crippen LogP contribution < -0.4 is 5.73 Å². The molecular formula is C16H19ClN8O. The summed E-state index contributed by atoms with van der Waals surface area (Å²) in [7, 11) is 0. The Hall–Kier alpha value is -2.94. The number of nitrogen functional groups attached to an aromatic ring is 1. The number of rotatable bonds is 6. The van der Waals surface area contributed by atoms with Gasteiger partial charge >= 0.3 is 0 Å². The number of anilines is 1. The highest BCUT2D eigenvalue weighted by Gasteiger charge is 2.18. The van der Waals surface area contributed by atoms with Crippen molar-refractivity contribution in [3.63, 3.8) is 0 Å². The first-order valence-corrected chi connectivity index (χ1v) is 8.40. The van der Waals surface area contributed by atoms with E-state index in [2.05, 4.69) is 25.2 Å². The quantitative estimate of drug-likeness (QED) is 0.403. The topological polar surface area (TPSA) is 109 Å². The Labute approximate surface area is 155 Å². The smallest absolute Gasteiger partial charge is 0.235 e. The Morgan fingerprint density at radius 1 is 1.38 bits per heavy atom. The van der Waals surface area contributed by atoms with Gasteiger partial charge in [-0.1, -0.05) is 16.8 Å². The fourth-order valence-corrected chi connectivity index (χ4v) is 2.61. The summed E-state index contributed by atoms with van der Waals surface area (Å²) in [6.45, 7) is 6.60. The van der Waals surface area contributed by atoms with Gasteiger partial charge in [0.2, 0.25) is 11.9 Å². The molecule has 0 bridgehead atoms. The second kappa shape index (κ2) is 7.52. The predicted molar refractivity (Wildman–Crippen MR) is 100 cm³/mol. The lowest BCUT2D eigenvalue weighted by Crippen LogP contribution is -2.11. The zero-order chi connectivity index (χ0) is 18.7. The van der Waals surface area contributed by atoms with Crippen LogP contribution in [0, 0.1) is 0 Å². The molecule has 0 aliphatic rings. The molecule has 0 saturated heterocycles. The number of aromatic nitrogens is 6. The highest BCUT2D eigenvalue weighted by atomic mass is 35.5. The summed E-state index contributed by atoms with van der Waals surface area (Å²) in [6.07, 6.45) is 6.55. The molecule has 3 rings (SSSR count). The zero-order valence-electron chi connectivity index (χ0n) is 14.7. The van der Waals surface area contributed by atoms with E-state index in [4.69, 9.17) is 22.2 Å². The maximum atomic E-state index is 5.88. The Morgan fingerprint density at radius 2 is 2.19 bits per heavy atom. The molecule has 0 amide bonds. The van der Waals surface area contributed by atoms with Gasteiger partial charge < -0.3 is 15.1 Å². The maximum absolute atomic E-state index is 5.88. The molecule has 2 N–H and O–H groups in total. The first-order valence-electron chi connectivity index (χ1n) is 8.02. The number of oxime groups is 1. The number of imidazole rings is 1. The van der Waals surface area contributed by atoms with Gasteiger partial charge in [0, 0.05) is 23.3 Å². The van der Waals surface area contributed by atoms with Gasteiger partial charge in [-0.3, -0.25) is 4.98 Å². The largest absolute Gasteiger partial charge is 0.391 e. The number of halogens is 1. The Balaban J connectivity index is 2.07. The fourth-order valence-electron chi connectivity index (χ4n) is 2.54. The van der Waals surface area contributed by atoms with Gasteiger partial charge in [-0.05, 0) is 26.8 Å². The molecule has 0 atom stereocenters. The van der Waals surface area contributed by atoms with Crippen LogP contribution in [0.5, 0.6) is 0 Å². The SMILES string of the molecule is CCn1c(-n2ncnc2N)nc2cncc(C(C)=NOCC=C(C)Cl)c21. The third-order valence-electron chi connectivity index (χ3n) is 3.74. The zero-order valence-corrected chi connectivity index (χ0v) is 15.5.